The number of carbonyl (C=O) groups is 1. The minimum absolute atomic E-state index is 0.104. The molecule has 13 heavy (non-hydrogen) atoms. The molecule has 0 fully saturated rings. The van der Waals surface area contributed by atoms with Crippen molar-refractivity contribution in [2.24, 2.45) is 0 Å². The fourth-order valence-corrected chi connectivity index (χ4v) is 1.55. The Bertz CT molecular complexity index is 349. The lowest BCUT2D eigenvalue weighted by atomic mass is 10.2. The molecule has 0 N–H and O–H groups in total. The maximum atomic E-state index is 13.0. The van der Waals surface area contributed by atoms with E-state index >= 15 is 0 Å². The smallest absolute Gasteiger partial charge is 0.177 e. The van der Waals surface area contributed by atoms with Crippen molar-refractivity contribution in [1.82, 2.24) is 0 Å². The fourth-order valence-electron chi connectivity index (χ4n) is 0.725. The van der Waals surface area contributed by atoms with E-state index in [1.165, 1.54) is 0 Å². The Hall–Kier alpha value is -0.360. The third kappa shape index (κ3) is 1.65. The maximum absolute atomic E-state index is 13.0. The monoisotopic (exact) mass is 316 g/mol. The summed E-state index contributed by atoms with van der Waals surface area (Å²) in [5, 5.41) is 0. The van der Waals surface area contributed by atoms with Gasteiger partial charge in [0.15, 0.2) is 23.7 Å². The Morgan fingerprint density at radius 2 is 1.38 bits per heavy atom. The summed E-state index contributed by atoms with van der Waals surface area (Å²) in [6, 6.07) is 0. The number of rotatable bonds is 1. The number of halogens is 5. The minimum atomic E-state index is -1.37. The third-order valence-corrected chi connectivity index (χ3v) is 2.83. The first-order valence-corrected chi connectivity index (χ1v) is 4.56. The molecule has 1 nitrogen and oxygen atoms in total. The van der Waals surface area contributed by atoms with Crippen molar-refractivity contribution < 1.29 is 18.0 Å². The number of carbonyl (C=O) groups excluding carboxylic acids is 1. The molecular formula is C7HBr2F3O. The summed E-state index contributed by atoms with van der Waals surface area (Å²) in [7, 11) is 0. The average molecular weight is 318 g/mol. The first kappa shape index (κ1) is 10.7. The van der Waals surface area contributed by atoms with Gasteiger partial charge in [-0.3, -0.25) is 4.79 Å². The SMILES string of the molecule is O=Cc1c(F)c(Br)c(F)c(F)c1Br. The second-order valence-corrected chi connectivity index (χ2v) is 3.69. The molecule has 1 rings (SSSR count). The molecule has 0 heterocycles. The molecule has 0 aliphatic carbocycles. The van der Waals surface area contributed by atoms with Gasteiger partial charge in [-0.15, -0.1) is 0 Å². The van der Waals surface area contributed by atoms with Gasteiger partial charge in [0.1, 0.15) is 0 Å². The standard InChI is InChI=1S/C7HBr2F3O/c8-3-2(1-13)5(10)4(9)7(12)6(3)11/h1H. The average Bonchev–Trinajstić information content (AvgIpc) is 2.13. The van der Waals surface area contributed by atoms with Crippen LogP contribution in [0, 0.1) is 17.5 Å². The molecule has 0 spiro atoms. The van der Waals surface area contributed by atoms with E-state index in [2.05, 4.69) is 31.9 Å². The Balaban J connectivity index is 3.66. The van der Waals surface area contributed by atoms with Crippen LogP contribution in [-0.2, 0) is 0 Å². The Labute approximate surface area is 88.2 Å². The summed E-state index contributed by atoms with van der Waals surface area (Å²) < 4.78 is 37.4. The van der Waals surface area contributed by atoms with Crippen molar-refractivity contribution in [3.8, 4) is 0 Å². The molecule has 0 atom stereocenters. The highest BCUT2D eigenvalue weighted by Crippen LogP contribution is 2.31. The van der Waals surface area contributed by atoms with Crippen molar-refractivity contribution in [2.75, 3.05) is 0 Å². The zero-order chi connectivity index (χ0) is 10.2. The van der Waals surface area contributed by atoms with Crippen LogP contribution in [0.25, 0.3) is 0 Å². The van der Waals surface area contributed by atoms with Crippen LogP contribution < -0.4 is 0 Å². The number of hydrogen-bond donors (Lipinski definition) is 0. The van der Waals surface area contributed by atoms with E-state index in [0.717, 1.165) is 0 Å². The van der Waals surface area contributed by atoms with E-state index < -0.39 is 32.0 Å². The van der Waals surface area contributed by atoms with E-state index in [1.807, 2.05) is 0 Å². The fraction of sp³-hybridized carbons (Fsp3) is 0. The summed E-state index contributed by atoms with van der Waals surface area (Å²) in [6.07, 6.45) is 0.104. The van der Waals surface area contributed by atoms with Gasteiger partial charge in [0.25, 0.3) is 0 Å². The van der Waals surface area contributed by atoms with E-state index in [9.17, 15) is 18.0 Å². The lowest BCUT2D eigenvalue weighted by Gasteiger charge is -2.04. The van der Waals surface area contributed by atoms with E-state index in [1.54, 1.807) is 0 Å². The molecule has 70 valence electrons. The van der Waals surface area contributed by atoms with Gasteiger partial charge in [-0.05, 0) is 31.9 Å². The van der Waals surface area contributed by atoms with Gasteiger partial charge < -0.3 is 0 Å². The highest BCUT2D eigenvalue weighted by Gasteiger charge is 2.21. The van der Waals surface area contributed by atoms with E-state index in [4.69, 9.17) is 0 Å². The first-order chi connectivity index (χ1) is 6.00. The number of hydrogen-bond acceptors (Lipinski definition) is 1. The van der Waals surface area contributed by atoms with E-state index in [0.29, 0.717) is 0 Å². The second kappa shape index (κ2) is 3.79. The Morgan fingerprint density at radius 3 is 1.85 bits per heavy atom. The molecule has 0 aliphatic heterocycles. The van der Waals surface area contributed by atoms with Gasteiger partial charge >= 0.3 is 0 Å². The van der Waals surface area contributed by atoms with Crippen LogP contribution in [0.1, 0.15) is 10.4 Å². The van der Waals surface area contributed by atoms with Gasteiger partial charge in [0.2, 0.25) is 0 Å². The highest BCUT2D eigenvalue weighted by molar-refractivity contribution is 9.11. The molecule has 1 aromatic rings. The first-order valence-electron chi connectivity index (χ1n) is 2.97. The van der Waals surface area contributed by atoms with Gasteiger partial charge in [0.05, 0.1) is 14.5 Å². The lowest BCUT2D eigenvalue weighted by Crippen LogP contribution is -1.99. The molecule has 0 aliphatic rings. The normalized spacial score (nSPS) is 10.2. The van der Waals surface area contributed by atoms with Crippen LogP contribution in [0.15, 0.2) is 8.95 Å². The summed E-state index contributed by atoms with van der Waals surface area (Å²) in [5.41, 5.74) is -0.550. The van der Waals surface area contributed by atoms with Crippen LogP contribution in [0.4, 0.5) is 13.2 Å². The third-order valence-electron chi connectivity index (χ3n) is 1.36. The Morgan fingerprint density at radius 1 is 0.923 bits per heavy atom. The molecule has 0 saturated heterocycles. The van der Waals surface area contributed by atoms with Crippen molar-refractivity contribution >= 4 is 38.1 Å². The predicted molar refractivity (Wildman–Crippen MR) is 47.1 cm³/mol. The van der Waals surface area contributed by atoms with E-state index in [-0.39, 0.29) is 6.29 Å². The molecule has 0 amide bonds. The molecule has 0 saturated carbocycles. The van der Waals surface area contributed by atoms with Gasteiger partial charge in [0, 0.05) is 0 Å². The van der Waals surface area contributed by atoms with Crippen LogP contribution >= 0.6 is 31.9 Å². The summed E-state index contributed by atoms with van der Waals surface area (Å²) in [5.74, 6) is -3.79. The molecule has 0 radical (unpaired) electrons. The molecular weight excluding hydrogens is 317 g/mol. The van der Waals surface area contributed by atoms with Gasteiger partial charge in [-0.2, -0.15) is 0 Å². The summed E-state index contributed by atoms with van der Waals surface area (Å²) in [6.45, 7) is 0. The number of aldehydes is 1. The largest absolute Gasteiger partial charge is 0.298 e. The maximum Gasteiger partial charge on any atom is 0.177 e. The lowest BCUT2D eigenvalue weighted by molar-refractivity contribution is 0.111. The van der Waals surface area contributed by atoms with Crippen LogP contribution in [0.5, 0.6) is 0 Å². The summed E-state index contributed by atoms with van der Waals surface area (Å²) in [4.78, 5) is 10.3. The van der Waals surface area contributed by atoms with Crippen LogP contribution in [0.3, 0.4) is 0 Å². The molecule has 0 aromatic heterocycles. The predicted octanol–water partition coefficient (Wildman–Crippen LogP) is 3.44. The van der Waals surface area contributed by atoms with Crippen molar-refractivity contribution in [3.63, 3.8) is 0 Å². The quantitative estimate of drug-likeness (QED) is 0.440. The zero-order valence-electron chi connectivity index (χ0n) is 5.88. The van der Waals surface area contributed by atoms with Crippen molar-refractivity contribution in [2.45, 2.75) is 0 Å². The topological polar surface area (TPSA) is 17.1 Å². The Kier molecular flexibility index (Phi) is 3.13. The van der Waals surface area contributed by atoms with Crippen LogP contribution in [0.2, 0.25) is 0 Å². The van der Waals surface area contributed by atoms with Gasteiger partial charge in [-0.1, -0.05) is 0 Å². The highest BCUT2D eigenvalue weighted by atomic mass is 79.9. The second-order valence-electron chi connectivity index (χ2n) is 2.10. The minimum Gasteiger partial charge on any atom is -0.298 e. The molecule has 0 unspecified atom stereocenters. The van der Waals surface area contributed by atoms with Crippen molar-refractivity contribution in [1.29, 1.82) is 0 Å². The van der Waals surface area contributed by atoms with Crippen molar-refractivity contribution in [3.05, 3.63) is 32.0 Å². The molecule has 6 heteroatoms. The molecule has 0 bridgehead atoms. The summed E-state index contributed by atoms with van der Waals surface area (Å²) >= 11 is 5.06. The number of benzene rings is 1. The van der Waals surface area contributed by atoms with Crippen LogP contribution in [-0.4, -0.2) is 6.29 Å². The molecule has 1 aromatic carbocycles. The van der Waals surface area contributed by atoms with Gasteiger partial charge in [-0.25, -0.2) is 13.2 Å². The zero-order valence-corrected chi connectivity index (χ0v) is 9.05.